The molecule has 1 aromatic rings. The molecule has 2 rings (SSSR count). The normalized spacial score (nSPS) is 21.2. The van der Waals surface area contributed by atoms with Gasteiger partial charge in [-0.05, 0) is 25.5 Å². The SMILES string of the molecule is COc1cccc2c1CC(C(C)N)N2. The average molecular weight is 192 g/mol. The number of benzene rings is 1. The molecule has 1 aliphatic rings. The molecule has 0 radical (unpaired) electrons. The highest BCUT2D eigenvalue weighted by molar-refractivity contribution is 5.62. The van der Waals surface area contributed by atoms with Crippen LogP contribution in [0.2, 0.25) is 0 Å². The van der Waals surface area contributed by atoms with Crippen LogP contribution in [0.15, 0.2) is 18.2 Å². The summed E-state index contributed by atoms with van der Waals surface area (Å²) in [5.41, 5.74) is 8.27. The van der Waals surface area contributed by atoms with Gasteiger partial charge in [-0.2, -0.15) is 0 Å². The van der Waals surface area contributed by atoms with Crippen molar-refractivity contribution in [2.24, 2.45) is 5.73 Å². The van der Waals surface area contributed by atoms with Gasteiger partial charge in [0.15, 0.2) is 0 Å². The fourth-order valence-corrected chi connectivity index (χ4v) is 1.89. The number of anilines is 1. The Morgan fingerprint density at radius 3 is 3.00 bits per heavy atom. The number of nitrogens with one attached hydrogen (secondary N) is 1. The molecule has 14 heavy (non-hydrogen) atoms. The Morgan fingerprint density at radius 1 is 1.57 bits per heavy atom. The van der Waals surface area contributed by atoms with Gasteiger partial charge in [0.2, 0.25) is 0 Å². The van der Waals surface area contributed by atoms with Crippen LogP contribution >= 0.6 is 0 Å². The summed E-state index contributed by atoms with van der Waals surface area (Å²) in [5, 5.41) is 3.40. The largest absolute Gasteiger partial charge is 0.496 e. The molecular formula is C11H16N2O. The zero-order valence-corrected chi connectivity index (χ0v) is 8.58. The molecule has 0 amide bonds. The average Bonchev–Trinajstić information content (AvgIpc) is 2.60. The number of rotatable bonds is 2. The van der Waals surface area contributed by atoms with Gasteiger partial charge in [-0.3, -0.25) is 0 Å². The number of hydrogen-bond acceptors (Lipinski definition) is 3. The smallest absolute Gasteiger partial charge is 0.124 e. The van der Waals surface area contributed by atoms with Crippen molar-refractivity contribution in [3.8, 4) is 5.75 Å². The minimum absolute atomic E-state index is 0.159. The first kappa shape index (κ1) is 9.34. The van der Waals surface area contributed by atoms with Crippen molar-refractivity contribution in [2.45, 2.75) is 25.4 Å². The summed E-state index contributed by atoms with van der Waals surface area (Å²) in [6.07, 6.45) is 0.955. The molecule has 3 N–H and O–H groups in total. The van der Waals surface area contributed by atoms with E-state index in [4.69, 9.17) is 10.5 Å². The molecule has 0 bridgehead atoms. The standard InChI is InChI=1S/C11H16N2O/c1-7(12)10-6-8-9(13-10)4-3-5-11(8)14-2/h3-5,7,10,13H,6,12H2,1-2H3. The minimum Gasteiger partial charge on any atom is -0.496 e. The fourth-order valence-electron chi connectivity index (χ4n) is 1.89. The summed E-state index contributed by atoms with van der Waals surface area (Å²) in [6.45, 7) is 2.02. The summed E-state index contributed by atoms with van der Waals surface area (Å²) in [5.74, 6) is 0.957. The van der Waals surface area contributed by atoms with Crippen molar-refractivity contribution < 1.29 is 4.74 Å². The van der Waals surface area contributed by atoms with Crippen LogP contribution in [0, 0.1) is 0 Å². The summed E-state index contributed by atoms with van der Waals surface area (Å²) in [7, 11) is 1.70. The predicted octanol–water partition coefficient (Wildman–Crippen LogP) is 1.38. The van der Waals surface area contributed by atoms with Crippen molar-refractivity contribution >= 4 is 5.69 Å². The minimum atomic E-state index is 0.159. The van der Waals surface area contributed by atoms with E-state index < -0.39 is 0 Å². The highest BCUT2D eigenvalue weighted by atomic mass is 16.5. The van der Waals surface area contributed by atoms with Crippen LogP contribution < -0.4 is 15.8 Å². The predicted molar refractivity (Wildman–Crippen MR) is 57.8 cm³/mol. The monoisotopic (exact) mass is 192 g/mol. The van der Waals surface area contributed by atoms with E-state index in [1.54, 1.807) is 7.11 Å². The maximum atomic E-state index is 5.87. The Balaban J connectivity index is 2.30. The van der Waals surface area contributed by atoms with Gasteiger partial charge >= 0.3 is 0 Å². The molecule has 3 nitrogen and oxygen atoms in total. The molecule has 1 aromatic carbocycles. The number of fused-ring (bicyclic) bond motifs is 1. The van der Waals surface area contributed by atoms with E-state index in [1.807, 2.05) is 19.1 Å². The molecule has 0 saturated heterocycles. The molecular weight excluding hydrogens is 176 g/mol. The van der Waals surface area contributed by atoms with E-state index in [0.717, 1.165) is 17.9 Å². The van der Waals surface area contributed by atoms with E-state index in [2.05, 4.69) is 11.4 Å². The molecule has 0 aliphatic carbocycles. The molecule has 1 aliphatic heterocycles. The van der Waals surface area contributed by atoms with Gasteiger partial charge in [0.25, 0.3) is 0 Å². The maximum absolute atomic E-state index is 5.87. The molecule has 2 unspecified atom stereocenters. The Morgan fingerprint density at radius 2 is 2.36 bits per heavy atom. The summed E-state index contributed by atoms with van der Waals surface area (Å²) in [4.78, 5) is 0. The summed E-state index contributed by atoms with van der Waals surface area (Å²) in [6, 6.07) is 6.55. The van der Waals surface area contributed by atoms with Gasteiger partial charge in [0.1, 0.15) is 5.75 Å². The second-order valence-corrected chi connectivity index (χ2v) is 3.80. The second-order valence-electron chi connectivity index (χ2n) is 3.80. The van der Waals surface area contributed by atoms with Crippen LogP contribution in [0.3, 0.4) is 0 Å². The molecule has 0 aromatic heterocycles. The number of hydrogen-bond donors (Lipinski definition) is 2. The molecule has 0 saturated carbocycles. The highest BCUT2D eigenvalue weighted by Gasteiger charge is 2.25. The van der Waals surface area contributed by atoms with Gasteiger partial charge in [-0.15, -0.1) is 0 Å². The topological polar surface area (TPSA) is 47.3 Å². The molecule has 2 atom stereocenters. The van der Waals surface area contributed by atoms with Crippen molar-refractivity contribution in [3.05, 3.63) is 23.8 Å². The van der Waals surface area contributed by atoms with Gasteiger partial charge in [-0.1, -0.05) is 6.07 Å². The number of nitrogens with two attached hydrogens (primary N) is 1. The first-order valence-electron chi connectivity index (χ1n) is 4.90. The van der Waals surface area contributed by atoms with E-state index >= 15 is 0 Å². The van der Waals surface area contributed by atoms with Gasteiger partial charge in [0.05, 0.1) is 7.11 Å². The van der Waals surface area contributed by atoms with E-state index in [0.29, 0.717) is 6.04 Å². The van der Waals surface area contributed by atoms with Crippen LogP contribution in [-0.2, 0) is 6.42 Å². The van der Waals surface area contributed by atoms with Gasteiger partial charge in [0, 0.05) is 23.3 Å². The summed E-state index contributed by atoms with van der Waals surface area (Å²) >= 11 is 0. The first-order valence-corrected chi connectivity index (χ1v) is 4.90. The molecule has 0 fully saturated rings. The van der Waals surface area contributed by atoms with E-state index in [-0.39, 0.29) is 6.04 Å². The van der Waals surface area contributed by atoms with Gasteiger partial charge < -0.3 is 15.8 Å². The molecule has 1 heterocycles. The number of methoxy groups -OCH3 is 1. The zero-order valence-electron chi connectivity index (χ0n) is 8.58. The third-order valence-electron chi connectivity index (χ3n) is 2.75. The molecule has 3 heteroatoms. The summed E-state index contributed by atoms with van der Waals surface area (Å²) < 4.78 is 5.30. The zero-order chi connectivity index (χ0) is 10.1. The van der Waals surface area contributed by atoms with Crippen LogP contribution in [0.25, 0.3) is 0 Å². The van der Waals surface area contributed by atoms with Gasteiger partial charge in [-0.25, -0.2) is 0 Å². The van der Waals surface area contributed by atoms with Crippen molar-refractivity contribution in [2.75, 3.05) is 12.4 Å². The van der Waals surface area contributed by atoms with Crippen molar-refractivity contribution in [1.29, 1.82) is 0 Å². The third-order valence-corrected chi connectivity index (χ3v) is 2.75. The van der Waals surface area contributed by atoms with Crippen LogP contribution in [-0.4, -0.2) is 19.2 Å². The van der Waals surface area contributed by atoms with E-state index in [9.17, 15) is 0 Å². The number of ether oxygens (including phenoxy) is 1. The fraction of sp³-hybridized carbons (Fsp3) is 0.455. The Bertz CT molecular complexity index is 336. The van der Waals surface area contributed by atoms with Crippen molar-refractivity contribution in [3.63, 3.8) is 0 Å². The lowest BCUT2D eigenvalue weighted by atomic mass is 10.1. The Labute approximate surface area is 84.3 Å². The van der Waals surface area contributed by atoms with Crippen LogP contribution in [0.4, 0.5) is 5.69 Å². The second kappa shape index (κ2) is 3.50. The molecule has 0 spiro atoms. The molecule has 76 valence electrons. The third kappa shape index (κ3) is 1.44. The lowest BCUT2D eigenvalue weighted by Crippen LogP contribution is -2.36. The quantitative estimate of drug-likeness (QED) is 0.744. The van der Waals surface area contributed by atoms with Crippen LogP contribution in [0.5, 0.6) is 5.75 Å². The first-order chi connectivity index (χ1) is 6.72. The lowest BCUT2D eigenvalue weighted by Gasteiger charge is -2.14. The highest BCUT2D eigenvalue weighted by Crippen LogP contribution is 2.33. The van der Waals surface area contributed by atoms with Crippen molar-refractivity contribution in [1.82, 2.24) is 0 Å². The Kier molecular flexibility index (Phi) is 2.33. The maximum Gasteiger partial charge on any atom is 0.124 e. The van der Waals surface area contributed by atoms with Crippen LogP contribution in [0.1, 0.15) is 12.5 Å². The Hall–Kier alpha value is -1.22. The van der Waals surface area contributed by atoms with E-state index in [1.165, 1.54) is 5.56 Å². The lowest BCUT2D eigenvalue weighted by molar-refractivity contribution is 0.409.